The molecule has 0 aromatic heterocycles. The van der Waals surface area contributed by atoms with E-state index in [-0.39, 0.29) is 12.5 Å². The van der Waals surface area contributed by atoms with Crippen LogP contribution in [0, 0.1) is 0 Å². The van der Waals surface area contributed by atoms with Gasteiger partial charge in [-0.05, 0) is 19.3 Å². The van der Waals surface area contributed by atoms with Crippen molar-refractivity contribution in [3.8, 4) is 0 Å². The molecule has 0 bridgehead atoms. The lowest BCUT2D eigenvalue weighted by molar-refractivity contribution is -0.123. The maximum Gasteiger partial charge on any atom is 0.220 e. The van der Waals surface area contributed by atoms with Gasteiger partial charge in [0.25, 0.3) is 0 Å². The minimum absolute atomic E-state index is 0.0634. The summed E-state index contributed by atoms with van der Waals surface area (Å²) in [6.45, 7) is 4.30. The zero-order chi connectivity index (χ0) is 29.4. The van der Waals surface area contributed by atoms with Crippen LogP contribution < -0.4 is 5.32 Å². The molecule has 0 unspecified atom stereocenters. The number of carbonyl (C=O) groups is 1. The van der Waals surface area contributed by atoms with Crippen molar-refractivity contribution < 1.29 is 15.0 Å². The SMILES string of the molecule is CCCCCCCCCCCCC/C=C\[C@@H](O)[C@H](CO)NC(=O)CCCCCCCCCCCCCCCCC. The van der Waals surface area contributed by atoms with E-state index in [2.05, 4.69) is 19.2 Å². The van der Waals surface area contributed by atoms with Crippen LogP contribution in [-0.4, -0.2) is 34.9 Å². The predicted molar refractivity (Wildman–Crippen MR) is 175 cm³/mol. The van der Waals surface area contributed by atoms with Crippen LogP contribution in [0.5, 0.6) is 0 Å². The van der Waals surface area contributed by atoms with Crippen LogP contribution >= 0.6 is 0 Å². The molecule has 0 aliphatic rings. The topological polar surface area (TPSA) is 69.6 Å². The largest absolute Gasteiger partial charge is 0.394 e. The number of amides is 1. The molecule has 40 heavy (non-hydrogen) atoms. The molecular weight excluding hydrogens is 494 g/mol. The van der Waals surface area contributed by atoms with Crippen molar-refractivity contribution in [3.05, 3.63) is 12.2 Å². The van der Waals surface area contributed by atoms with E-state index < -0.39 is 12.1 Å². The van der Waals surface area contributed by atoms with Gasteiger partial charge in [-0.15, -0.1) is 0 Å². The van der Waals surface area contributed by atoms with Crippen LogP contribution in [0.1, 0.15) is 194 Å². The van der Waals surface area contributed by atoms with E-state index in [1.54, 1.807) is 6.08 Å². The first-order valence-corrected chi connectivity index (χ1v) is 17.9. The summed E-state index contributed by atoms with van der Waals surface area (Å²) in [5.41, 5.74) is 0. The van der Waals surface area contributed by atoms with Gasteiger partial charge in [-0.25, -0.2) is 0 Å². The second-order valence-electron chi connectivity index (χ2n) is 12.3. The van der Waals surface area contributed by atoms with Crippen LogP contribution in [0.3, 0.4) is 0 Å². The summed E-state index contributed by atoms with van der Waals surface area (Å²) in [5.74, 6) is -0.0634. The van der Waals surface area contributed by atoms with Gasteiger partial charge in [0.1, 0.15) is 0 Å². The van der Waals surface area contributed by atoms with Gasteiger partial charge >= 0.3 is 0 Å². The maximum absolute atomic E-state index is 12.3. The highest BCUT2D eigenvalue weighted by atomic mass is 16.3. The van der Waals surface area contributed by atoms with Crippen molar-refractivity contribution in [2.24, 2.45) is 0 Å². The summed E-state index contributed by atoms with van der Waals surface area (Å²) in [5, 5.41) is 22.8. The van der Waals surface area contributed by atoms with Crippen LogP contribution in [0.15, 0.2) is 12.2 Å². The lowest BCUT2D eigenvalue weighted by atomic mass is 10.0. The predicted octanol–water partition coefficient (Wildman–Crippen LogP) is 10.3. The quantitative estimate of drug-likeness (QED) is 0.0561. The van der Waals surface area contributed by atoms with Crippen molar-refractivity contribution in [2.45, 2.75) is 206 Å². The Hall–Kier alpha value is -0.870. The van der Waals surface area contributed by atoms with Crippen LogP contribution in [0.25, 0.3) is 0 Å². The third-order valence-electron chi connectivity index (χ3n) is 8.27. The Morgan fingerprint density at radius 3 is 1.30 bits per heavy atom. The molecule has 1 amide bonds. The highest BCUT2D eigenvalue weighted by Crippen LogP contribution is 2.14. The lowest BCUT2D eigenvalue weighted by Crippen LogP contribution is -2.45. The minimum atomic E-state index is -0.831. The van der Waals surface area contributed by atoms with Crippen LogP contribution in [-0.2, 0) is 4.79 Å². The van der Waals surface area contributed by atoms with Crippen LogP contribution in [0.4, 0.5) is 0 Å². The highest BCUT2D eigenvalue weighted by molar-refractivity contribution is 5.76. The van der Waals surface area contributed by atoms with E-state index in [1.807, 2.05) is 6.08 Å². The molecule has 0 radical (unpaired) electrons. The zero-order valence-corrected chi connectivity index (χ0v) is 27.1. The fourth-order valence-corrected chi connectivity index (χ4v) is 5.47. The summed E-state index contributed by atoms with van der Waals surface area (Å²) in [6, 6.07) is -0.614. The monoisotopic (exact) mass is 566 g/mol. The molecule has 0 aliphatic heterocycles. The number of aliphatic hydroxyl groups is 2. The summed E-state index contributed by atoms with van der Waals surface area (Å²) in [4.78, 5) is 12.3. The molecule has 0 rings (SSSR count). The van der Waals surface area contributed by atoms with E-state index in [4.69, 9.17) is 0 Å². The van der Waals surface area contributed by atoms with Gasteiger partial charge in [-0.2, -0.15) is 0 Å². The molecule has 238 valence electrons. The second-order valence-corrected chi connectivity index (χ2v) is 12.3. The molecule has 3 N–H and O–H groups in total. The average molecular weight is 566 g/mol. The molecule has 4 heteroatoms. The second kappa shape index (κ2) is 32.6. The van der Waals surface area contributed by atoms with Crippen molar-refractivity contribution in [1.29, 1.82) is 0 Å². The first-order chi connectivity index (χ1) is 19.7. The molecule has 0 aromatic rings. The number of nitrogens with one attached hydrogen (secondary N) is 1. The summed E-state index contributed by atoms with van der Waals surface area (Å²) in [6.07, 6.45) is 38.6. The number of unbranched alkanes of at least 4 members (excludes halogenated alkanes) is 25. The lowest BCUT2D eigenvalue weighted by Gasteiger charge is -2.20. The Morgan fingerprint density at radius 1 is 0.575 bits per heavy atom. The Kier molecular flexibility index (Phi) is 31.9. The Balaban J connectivity index is 3.60. The smallest absolute Gasteiger partial charge is 0.220 e. The van der Waals surface area contributed by atoms with Crippen LogP contribution in [0.2, 0.25) is 0 Å². The molecule has 4 nitrogen and oxygen atoms in total. The van der Waals surface area contributed by atoms with Gasteiger partial charge < -0.3 is 15.5 Å². The normalized spacial score (nSPS) is 13.2. The van der Waals surface area contributed by atoms with Gasteiger partial charge in [-0.1, -0.05) is 180 Å². The standard InChI is InChI=1S/C36H71NO3/c1-3-5-7-9-11-13-15-17-18-20-22-24-26-28-30-32-36(40)37-34(33-38)35(39)31-29-27-25-23-21-19-16-14-12-10-8-6-4-2/h29,31,34-35,38-39H,3-28,30,32-33H2,1-2H3,(H,37,40)/b31-29-/t34-,35+/m0/s1. The molecule has 0 saturated carbocycles. The first kappa shape index (κ1) is 39.1. The van der Waals surface area contributed by atoms with Gasteiger partial charge in [0.15, 0.2) is 0 Å². The molecule has 0 spiro atoms. The Morgan fingerprint density at radius 2 is 0.925 bits per heavy atom. The molecule has 2 atom stereocenters. The number of rotatable bonds is 32. The number of allylic oxidation sites excluding steroid dienone is 1. The van der Waals surface area contributed by atoms with Crippen molar-refractivity contribution in [3.63, 3.8) is 0 Å². The number of hydrogen-bond acceptors (Lipinski definition) is 3. The number of carbonyl (C=O) groups excluding carboxylic acids is 1. The summed E-state index contributed by atoms with van der Waals surface area (Å²) in [7, 11) is 0. The Bertz CT molecular complexity index is 536. The summed E-state index contributed by atoms with van der Waals surface area (Å²) < 4.78 is 0. The van der Waals surface area contributed by atoms with Gasteiger partial charge in [0, 0.05) is 6.42 Å². The van der Waals surface area contributed by atoms with E-state index in [0.29, 0.717) is 6.42 Å². The number of aliphatic hydroxyl groups excluding tert-OH is 2. The van der Waals surface area contributed by atoms with Crippen molar-refractivity contribution in [1.82, 2.24) is 5.32 Å². The van der Waals surface area contributed by atoms with Crippen molar-refractivity contribution >= 4 is 5.91 Å². The van der Waals surface area contributed by atoms with Gasteiger partial charge in [-0.3, -0.25) is 4.79 Å². The van der Waals surface area contributed by atoms with Gasteiger partial charge in [0.2, 0.25) is 5.91 Å². The van der Waals surface area contributed by atoms with E-state index in [0.717, 1.165) is 25.7 Å². The highest BCUT2D eigenvalue weighted by Gasteiger charge is 2.17. The fourth-order valence-electron chi connectivity index (χ4n) is 5.47. The van der Waals surface area contributed by atoms with E-state index in [9.17, 15) is 15.0 Å². The molecule has 0 aliphatic carbocycles. The molecular formula is C36H71NO3. The Labute approximate surface area is 250 Å². The molecule has 0 heterocycles. The molecule has 0 saturated heterocycles. The van der Waals surface area contributed by atoms with E-state index in [1.165, 1.54) is 148 Å². The minimum Gasteiger partial charge on any atom is -0.394 e. The molecule has 0 fully saturated rings. The van der Waals surface area contributed by atoms with Gasteiger partial charge in [0.05, 0.1) is 18.8 Å². The maximum atomic E-state index is 12.3. The fraction of sp³-hybridized carbons (Fsp3) is 0.917. The van der Waals surface area contributed by atoms with Crippen molar-refractivity contribution in [2.75, 3.05) is 6.61 Å². The summed E-state index contributed by atoms with van der Waals surface area (Å²) >= 11 is 0. The third-order valence-corrected chi connectivity index (χ3v) is 8.27. The first-order valence-electron chi connectivity index (χ1n) is 17.9. The van der Waals surface area contributed by atoms with E-state index >= 15 is 0 Å². The molecule has 0 aromatic carbocycles. The zero-order valence-electron chi connectivity index (χ0n) is 27.1. The average Bonchev–Trinajstić information content (AvgIpc) is 2.96. The third kappa shape index (κ3) is 28.7. The number of hydrogen-bond donors (Lipinski definition) is 3.